The van der Waals surface area contributed by atoms with Gasteiger partial charge in [-0.3, -0.25) is 14.7 Å². The van der Waals surface area contributed by atoms with Gasteiger partial charge in [0.2, 0.25) is 0 Å². The lowest BCUT2D eigenvalue weighted by Gasteiger charge is -2.05. The average Bonchev–Trinajstić information content (AvgIpc) is 2.77. The van der Waals surface area contributed by atoms with Gasteiger partial charge in [0.25, 0.3) is 5.69 Å². The maximum Gasteiger partial charge on any atom is 0.273 e. The highest BCUT2D eigenvalue weighted by Gasteiger charge is 2.15. The summed E-state index contributed by atoms with van der Waals surface area (Å²) in [4.78, 5) is 14.6. The third kappa shape index (κ3) is 2.57. The van der Waals surface area contributed by atoms with Crippen molar-refractivity contribution >= 4 is 34.9 Å². The molecule has 0 aliphatic carbocycles. The molecule has 0 saturated heterocycles. The first-order chi connectivity index (χ1) is 8.59. The first kappa shape index (κ1) is 12.7. The molecule has 0 amide bonds. The molecule has 1 aromatic carbocycles. The van der Waals surface area contributed by atoms with E-state index in [2.05, 4.69) is 17.6 Å². The average molecular weight is 279 g/mol. The van der Waals surface area contributed by atoms with Crippen molar-refractivity contribution in [3.8, 4) is 0 Å². The molecular weight excluding hydrogens is 270 g/mol. The number of para-hydroxylation sites is 1. The Morgan fingerprint density at radius 1 is 1.50 bits per heavy atom. The van der Waals surface area contributed by atoms with E-state index in [1.54, 1.807) is 35.2 Å². The topological polar surface area (TPSA) is 61.0 Å². The minimum absolute atomic E-state index is 0.0807. The zero-order chi connectivity index (χ0) is 13.1. The molecular formula is C11H9N3O2S2. The molecule has 0 spiro atoms. The van der Waals surface area contributed by atoms with Gasteiger partial charge in [0, 0.05) is 30.4 Å². The second-order valence-electron chi connectivity index (χ2n) is 3.56. The van der Waals surface area contributed by atoms with Gasteiger partial charge in [-0.25, -0.2) is 4.98 Å². The smallest absolute Gasteiger partial charge is 0.273 e. The highest BCUT2D eigenvalue weighted by molar-refractivity contribution is 8.11. The van der Waals surface area contributed by atoms with Gasteiger partial charge < -0.3 is 0 Å². The Labute approximate surface area is 114 Å². The maximum atomic E-state index is 10.9. The van der Waals surface area contributed by atoms with E-state index in [1.807, 2.05) is 0 Å². The zero-order valence-corrected chi connectivity index (χ0v) is 10.9. The van der Waals surface area contributed by atoms with Crippen LogP contribution in [-0.2, 0) is 6.42 Å². The molecule has 0 radical (unpaired) electrons. The summed E-state index contributed by atoms with van der Waals surface area (Å²) in [7, 11) is 0. The van der Waals surface area contributed by atoms with Gasteiger partial charge in [0.1, 0.15) is 10.1 Å². The van der Waals surface area contributed by atoms with Crippen LogP contribution in [0.4, 0.5) is 5.69 Å². The summed E-state index contributed by atoms with van der Waals surface area (Å²) in [5.74, 6) is 0.629. The molecule has 2 rings (SSSR count). The number of nitrogens with zero attached hydrogens (tertiary/aromatic N) is 3. The van der Waals surface area contributed by atoms with Crippen LogP contribution in [0.1, 0.15) is 11.4 Å². The number of thiocarbonyl (C=S) groups is 1. The number of nitro groups is 1. The normalized spacial score (nSPS) is 10.3. The summed E-state index contributed by atoms with van der Waals surface area (Å²) in [6.07, 6.45) is 3.61. The van der Waals surface area contributed by atoms with Crippen LogP contribution < -0.4 is 0 Å². The number of benzene rings is 1. The quantitative estimate of drug-likeness (QED) is 0.406. The van der Waals surface area contributed by atoms with Crippen LogP contribution in [0.2, 0.25) is 0 Å². The van der Waals surface area contributed by atoms with E-state index in [4.69, 9.17) is 12.2 Å². The van der Waals surface area contributed by atoms with Crippen LogP contribution in [0.3, 0.4) is 0 Å². The Balaban J connectivity index is 2.37. The SMILES string of the molecule is O=[N+]([O-])c1ccccc1Cc1nccn1C(=S)S. The molecule has 2 aromatic rings. The van der Waals surface area contributed by atoms with Gasteiger partial charge in [0.05, 0.1) is 4.92 Å². The molecule has 1 heterocycles. The number of imidazole rings is 1. The first-order valence-electron chi connectivity index (χ1n) is 5.07. The minimum atomic E-state index is -0.401. The third-order valence-corrected chi connectivity index (χ3v) is 2.87. The van der Waals surface area contributed by atoms with Crippen molar-refractivity contribution in [1.82, 2.24) is 9.55 Å². The van der Waals surface area contributed by atoms with Gasteiger partial charge in [-0.05, 0) is 0 Å². The van der Waals surface area contributed by atoms with E-state index >= 15 is 0 Å². The van der Waals surface area contributed by atoms with Crippen LogP contribution in [0, 0.1) is 10.1 Å². The molecule has 5 nitrogen and oxygen atoms in total. The number of hydrogen-bond donors (Lipinski definition) is 1. The van der Waals surface area contributed by atoms with Crippen molar-refractivity contribution in [3.63, 3.8) is 0 Å². The number of rotatable bonds is 3. The Morgan fingerprint density at radius 2 is 2.22 bits per heavy atom. The lowest BCUT2D eigenvalue weighted by molar-refractivity contribution is -0.385. The molecule has 7 heteroatoms. The molecule has 0 unspecified atom stereocenters. The van der Waals surface area contributed by atoms with Gasteiger partial charge >= 0.3 is 0 Å². The predicted molar refractivity (Wildman–Crippen MR) is 75.1 cm³/mol. The fourth-order valence-electron chi connectivity index (χ4n) is 1.65. The monoisotopic (exact) mass is 279 g/mol. The van der Waals surface area contributed by atoms with Gasteiger partial charge in [-0.2, -0.15) is 0 Å². The van der Waals surface area contributed by atoms with Crippen LogP contribution >= 0.6 is 24.8 Å². The Bertz CT molecular complexity index is 610. The van der Waals surface area contributed by atoms with Crippen molar-refractivity contribution in [3.05, 3.63) is 58.2 Å². The Morgan fingerprint density at radius 3 is 2.89 bits per heavy atom. The molecule has 0 atom stereocenters. The molecule has 0 saturated carbocycles. The number of nitro benzene ring substituents is 1. The van der Waals surface area contributed by atoms with Crippen LogP contribution in [-0.4, -0.2) is 18.8 Å². The largest absolute Gasteiger partial charge is 0.289 e. The summed E-state index contributed by atoms with van der Waals surface area (Å²) in [5.41, 5.74) is 0.677. The molecule has 0 aliphatic rings. The van der Waals surface area contributed by atoms with Gasteiger partial charge in [-0.15, -0.1) is 12.6 Å². The zero-order valence-electron chi connectivity index (χ0n) is 9.18. The Hall–Kier alpha value is -1.73. The van der Waals surface area contributed by atoms with Gasteiger partial charge in [0.15, 0.2) is 0 Å². The standard InChI is InChI=1S/C11H9N3O2S2/c15-14(16)9-4-2-1-3-8(9)7-10-12-5-6-13(10)11(17)18/h1-6H,7H2,(H,17,18). The maximum absolute atomic E-state index is 10.9. The van der Waals surface area contributed by atoms with Crippen LogP contribution in [0.15, 0.2) is 36.7 Å². The van der Waals surface area contributed by atoms with E-state index < -0.39 is 4.92 Å². The predicted octanol–water partition coefficient (Wildman–Crippen LogP) is 2.44. The van der Waals surface area contributed by atoms with E-state index in [-0.39, 0.29) is 5.69 Å². The van der Waals surface area contributed by atoms with Crippen molar-refractivity contribution in [2.45, 2.75) is 6.42 Å². The van der Waals surface area contributed by atoms with Gasteiger partial charge in [-0.1, -0.05) is 30.4 Å². The fraction of sp³-hybridized carbons (Fsp3) is 0.0909. The third-order valence-electron chi connectivity index (χ3n) is 2.46. The van der Waals surface area contributed by atoms with E-state index in [0.29, 0.717) is 22.1 Å². The number of aromatic nitrogens is 2. The highest BCUT2D eigenvalue weighted by atomic mass is 32.1. The molecule has 0 N–H and O–H groups in total. The second-order valence-corrected chi connectivity index (χ2v) is 4.67. The summed E-state index contributed by atoms with van der Waals surface area (Å²) < 4.78 is 1.98. The first-order valence-corrected chi connectivity index (χ1v) is 5.93. The number of hydrogen-bond acceptors (Lipinski definition) is 4. The summed E-state index contributed by atoms with van der Waals surface area (Å²) in [5, 5.41) is 10.9. The van der Waals surface area contributed by atoms with Crippen molar-refractivity contribution in [2.75, 3.05) is 0 Å². The molecule has 1 aromatic heterocycles. The summed E-state index contributed by atoms with van der Waals surface area (Å²) >= 11 is 9.03. The van der Waals surface area contributed by atoms with Crippen molar-refractivity contribution < 1.29 is 4.92 Å². The fourth-order valence-corrected chi connectivity index (χ4v) is 2.00. The molecule has 92 valence electrons. The van der Waals surface area contributed by atoms with E-state index in [1.165, 1.54) is 6.07 Å². The molecule has 18 heavy (non-hydrogen) atoms. The number of thiol groups is 1. The van der Waals surface area contributed by atoms with Crippen LogP contribution in [0.25, 0.3) is 0 Å². The van der Waals surface area contributed by atoms with Crippen molar-refractivity contribution in [1.29, 1.82) is 0 Å². The minimum Gasteiger partial charge on any atom is -0.289 e. The highest BCUT2D eigenvalue weighted by Crippen LogP contribution is 2.20. The van der Waals surface area contributed by atoms with Crippen molar-refractivity contribution in [2.24, 2.45) is 0 Å². The lowest BCUT2D eigenvalue weighted by Crippen LogP contribution is -2.07. The molecule has 0 fully saturated rings. The molecule has 0 bridgehead atoms. The van der Waals surface area contributed by atoms with E-state index in [9.17, 15) is 10.1 Å². The molecule has 0 aliphatic heterocycles. The summed E-state index contributed by atoms with van der Waals surface area (Å²) in [6.45, 7) is 0. The van der Waals surface area contributed by atoms with E-state index in [0.717, 1.165) is 0 Å². The second kappa shape index (κ2) is 5.28. The van der Waals surface area contributed by atoms with Crippen LogP contribution in [0.5, 0.6) is 0 Å². The Kier molecular flexibility index (Phi) is 3.73. The lowest BCUT2D eigenvalue weighted by atomic mass is 10.1. The summed E-state index contributed by atoms with van der Waals surface area (Å²) in [6, 6.07) is 6.58.